The van der Waals surface area contributed by atoms with Crippen LogP contribution in [0.15, 0.2) is 48.5 Å². The largest absolute Gasteiger partial charge is 0.358 e. The van der Waals surface area contributed by atoms with E-state index >= 15 is 0 Å². The minimum absolute atomic E-state index is 0.126. The second-order valence-corrected chi connectivity index (χ2v) is 8.86. The molecular weight excluding hydrogens is 422 g/mol. The highest BCUT2D eigenvalue weighted by atomic mass is 16.2. The summed E-state index contributed by atoms with van der Waals surface area (Å²) in [5.41, 5.74) is 7.80. The number of hydrogen-bond donors (Lipinski definition) is 2. The van der Waals surface area contributed by atoms with Gasteiger partial charge in [0.15, 0.2) is 5.78 Å². The number of aryl methyl sites for hydroxylation is 1. The molecule has 1 aromatic heterocycles. The number of ketones is 1. The Kier molecular flexibility index (Phi) is 7.13. The number of nitrogens with zero attached hydrogens (tertiary/aromatic N) is 1. The highest BCUT2D eigenvalue weighted by Crippen LogP contribution is 2.37. The summed E-state index contributed by atoms with van der Waals surface area (Å²) < 4.78 is 0. The minimum atomic E-state index is -0.126. The van der Waals surface area contributed by atoms with Crippen LogP contribution in [0.3, 0.4) is 0 Å². The van der Waals surface area contributed by atoms with Gasteiger partial charge in [0.2, 0.25) is 0 Å². The molecular formula is C29H33N3O2. The number of nitrogens with one attached hydrogen (secondary N) is 2. The van der Waals surface area contributed by atoms with Gasteiger partial charge in [-0.1, -0.05) is 56.3 Å². The van der Waals surface area contributed by atoms with E-state index in [-0.39, 0.29) is 11.7 Å². The van der Waals surface area contributed by atoms with Crippen LogP contribution in [0.5, 0.6) is 0 Å². The van der Waals surface area contributed by atoms with Crippen molar-refractivity contribution in [2.75, 3.05) is 25.0 Å². The van der Waals surface area contributed by atoms with E-state index in [0.717, 1.165) is 70.9 Å². The molecule has 5 heteroatoms. The van der Waals surface area contributed by atoms with E-state index < -0.39 is 0 Å². The molecule has 2 heterocycles. The van der Waals surface area contributed by atoms with Crippen molar-refractivity contribution in [1.82, 2.24) is 9.88 Å². The quantitative estimate of drug-likeness (QED) is 0.303. The van der Waals surface area contributed by atoms with Crippen molar-refractivity contribution in [1.29, 1.82) is 0 Å². The van der Waals surface area contributed by atoms with E-state index in [2.05, 4.69) is 41.2 Å². The second-order valence-electron chi connectivity index (χ2n) is 8.86. The fraction of sp³-hybridized carbons (Fsp3) is 0.310. The number of hydrogen-bond acceptors (Lipinski definition) is 3. The summed E-state index contributed by atoms with van der Waals surface area (Å²) in [6, 6.07) is 16.2. The third kappa shape index (κ3) is 4.75. The molecule has 0 aliphatic carbocycles. The van der Waals surface area contributed by atoms with Crippen molar-refractivity contribution in [2.45, 2.75) is 40.5 Å². The van der Waals surface area contributed by atoms with Crippen LogP contribution in [-0.2, 0) is 4.79 Å². The van der Waals surface area contributed by atoms with Crippen LogP contribution < -0.4 is 5.32 Å². The first-order valence-electron chi connectivity index (χ1n) is 12.1. The van der Waals surface area contributed by atoms with E-state index in [1.54, 1.807) is 0 Å². The maximum atomic E-state index is 13.0. The van der Waals surface area contributed by atoms with Crippen LogP contribution in [0, 0.1) is 13.8 Å². The van der Waals surface area contributed by atoms with Gasteiger partial charge in [-0.2, -0.15) is 0 Å². The van der Waals surface area contributed by atoms with Gasteiger partial charge in [0.25, 0.3) is 5.91 Å². The maximum absolute atomic E-state index is 13.0. The molecule has 2 aromatic carbocycles. The number of amides is 1. The second kappa shape index (κ2) is 10.2. The van der Waals surface area contributed by atoms with Gasteiger partial charge in [0.05, 0.1) is 5.57 Å². The third-order valence-corrected chi connectivity index (χ3v) is 6.73. The Morgan fingerprint density at radius 1 is 1.00 bits per heavy atom. The van der Waals surface area contributed by atoms with Gasteiger partial charge in [-0.25, -0.2) is 0 Å². The first kappa shape index (κ1) is 23.7. The number of H-pyrrole nitrogens is 1. The number of carbonyl (C=O) groups excluding carboxylic acids is 2. The van der Waals surface area contributed by atoms with Crippen LogP contribution in [0.4, 0.5) is 5.69 Å². The standard InChI is InChI=1S/C29H33N3O2/c1-5-32(6-2)16-10-13-27(33)28-19(3)25(30-20(28)4)18-24-23-15-14-22(17-26(23)31-29(24)34)21-11-8-7-9-12-21/h7-9,11-12,14-15,17-18,30H,5-6,10,13,16H2,1-4H3,(H,31,34)/b24-18-. The number of Topliss-reactive ketones (excluding diaryl/α,β-unsaturated/α-hetero) is 1. The average molecular weight is 456 g/mol. The summed E-state index contributed by atoms with van der Waals surface area (Å²) in [7, 11) is 0. The summed E-state index contributed by atoms with van der Waals surface area (Å²) >= 11 is 0. The summed E-state index contributed by atoms with van der Waals surface area (Å²) in [5, 5.41) is 3.00. The number of fused-ring (bicyclic) bond motifs is 1. The molecule has 0 atom stereocenters. The molecule has 5 nitrogen and oxygen atoms in total. The van der Waals surface area contributed by atoms with Crippen LogP contribution in [0.1, 0.15) is 59.6 Å². The van der Waals surface area contributed by atoms with E-state index in [0.29, 0.717) is 12.0 Å². The summed E-state index contributed by atoms with van der Waals surface area (Å²) in [5.74, 6) is 0.0331. The molecule has 0 saturated heterocycles. The number of anilines is 1. The third-order valence-electron chi connectivity index (χ3n) is 6.73. The number of aromatic nitrogens is 1. The number of carbonyl (C=O) groups is 2. The molecule has 34 heavy (non-hydrogen) atoms. The zero-order valence-electron chi connectivity index (χ0n) is 20.5. The topological polar surface area (TPSA) is 65.2 Å². The molecule has 0 unspecified atom stereocenters. The van der Waals surface area contributed by atoms with Crippen LogP contribution in [0.2, 0.25) is 0 Å². The predicted octanol–water partition coefficient (Wildman–Crippen LogP) is 6.10. The van der Waals surface area contributed by atoms with Gasteiger partial charge in [-0.05, 0) is 68.7 Å². The minimum Gasteiger partial charge on any atom is -0.358 e. The highest BCUT2D eigenvalue weighted by Gasteiger charge is 2.26. The molecule has 0 saturated carbocycles. The summed E-state index contributed by atoms with van der Waals surface area (Å²) in [6.07, 6.45) is 3.25. The van der Waals surface area contributed by atoms with Crippen molar-refractivity contribution < 1.29 is 9.59 Å². The van der Waals surface area contributed by atoms with Crippen LogP contribution in [-0.4, -0.2) is 41.2 Å². The lowest BCUT2D eigenvalue weighted by molar-refractivity contribution is -0.110. The number of benzene rings is 2. The zero-order valence-corrected chi connectivity index (χ0v) is 20.5. The first-order chi connectivity index (χ1) is 16.4. The zero-order chi connectivity index (χ0) is 24.2. The van der Waals surface area contributed by atoms with Gasteiger partial charge >= 0.3 is 0 Å². The SMILES string of the molecule is CCN(CC)CCCC(=O)c1c(C)[nH]c(/C=C2\C(=O)Nc3cc(-c4ccccc4)ccc32)c1C. The van der Waals surface area contributed by atoms with E-state index in [1.807, 2.05) is 56.3 Å². The molecule has 1 amide bonds. The normalized spacial score (nSPS) is 14.0. The van der Waals surface area contributed by atoms with Crippen molar-refractivity contribution in [2.24, 2.45) is 0 Å². The molecule has 2 N–H and O–H groups in total. The van der Waals surface area contributed by atoms with E-state index in [4.69, 9.17) is 0 Å². The Bertz CT molecular complexity index is 1230. The van der Waals surface area contributed by atoms with Crippen LogP contribution >= 0.6 is 0 Å². The Balaban J connectivity index is 1.57. The lowest BCUT2D eigenvalue weighted by Crippen LogP contribution is -2.24. The molecule has 1 aliphatic heterocycles. The van der Waals surface area contributed by atoms with Crippen molar-refractivity contribution in [3.05, 3.63) is 76.6 Å². The predicted molar refractivity (Wildman–Crippen MR) is 140 cm³/mol. The van der Waals surface area contributed by atoms with Gasteiger partial charge in [-0.3, -0.25) is 9.59 Å². The highest BCUT2D eigenvalue weighted by molar-refractivity contribution is 6.35. The molecule has 3 aromatic rings. The van der Waals surface area contributed by atoms with Crippen LogP contribution in [0.25, 0.3) is 22.8 Å². The van der Waals surface area contributed by atoms with E-state index in [9.17, 15) is 9.59 Å². The van der Waals surface area contributed by atoms with Crippen molar-refractivity contribution >= 4 is 29.0 Å². The van der Waals surface area contributed by atoms with Gasteiger partial charge in [0, 0.05) is 34.6 Å². The Morgan fingerprint density at radius 2 is 1.74 bits per heavy atom. The van der Waals surface area contributed by atoms with E-state index in [1.165, 1.54) is 0 Å². The first-order valence-corrected chi connectivity index (χ1v) is 12.1. The summed E-state index contributed by atoms with van der Waals surface area (Å²) in [6.45, 7) is 11.1. The van der Waals surface area contributed by atoms with Crippen molar-refractivity contribution in [3.63, 3.8) is 0 Å². The molecule has 1 aliphatic rings. The lowest BCUT2D eigenvalue weighted by Gasteiger charge is -2.17. The Hall–Kier alpha value is -3.44. The monoisotopic (exact) mass is 455 g/mol. The molecule has 176 valence electrons. The molecule has 4 rings (SSSR count). The molecule has 0 spiro atoms. The smallest absolute Gasteiger partial charge is 0.256 e. The van der Waals surface area contributed by atoms with Gasteiger partial charge in [0.1, 0.15) is 0 Å². The Labute approximate surface area is 201 Å². The summed E-state index contributed by atoms with van der Waals surface area (Å²) in [4.78, 5) is 31.5. The maximum Gasteiger partial charge on any atom is 0.256 e. The van der Waals surface area contributed by atoms with Gasteiger partial charge < -0.3 is 15.2 Å². The molecule has 0 radical (unpaired) electrons. The number of rotatable bonds is 9. The fourth-order valence-electron chi connectivity index (χ4n) is 4.76. The van der Waals surface area contributed by atoms with Crippen molar-refractivity contribution in [3.8, 4) is 11.1 Å². The number of aromatic amines is 1. The fourth-order valence-corrected chi connectivity index (χ4v) is 4.76. The Morgan fingerprint density at radius 3 is 2.44 bits per heavy atom. The average Bonchev–Trinajstić information content (AvgIpc) is 3.31. The molecule has 0 fully saturated rings. The lowest BCUT2D eigenvalue weighted by atomic mass is 9.98. The molecule has 0 bridgehead atoms. The van der Waals surface area contributed by atoms with Gasteiger partial charge in [-0.15, -0.1) is 0 Å².